The first-order chi connectivity index (χ1) is 5.81. The van der Waals surface area contributed by atoms with E-state index < -0.39 is 0 Å². The van der Waals surface area contributed by atoms with Crippen LogP contribution in [-0.4, -0.2) is 6.29 Å². The van der Waals surface area contributed by atoms with Gasteiger partial charge < -0.3 is 4.79 Å². The van der Waals surface area contributed by atoms with E-state index in [2.05, 4.69) is 19.9 Å². The van der Waals surface area contributed by atoms with E-state index in [0.29, 0.717) is 6.42 Å². The molecule has 0 saturated carbocycles. The Morgan fingerprint density at radius 1 is 1.25 bits per heavy atom. The van der Waals surface area contributed by atoms with Crippen LogP contribution in [0.25, 0.3) is 0 Å². The third-order valence-corrected chi connectivity index (χ3v) is 1.63. The second-order valence-electron chi connectivity index (χ2n) is 2.62. The number of allylic oxidation sites excluding steroid dienone is 2. The summed E-state index contributed by atoms with van der Waals surface area (Å²) in [6.07, 6.45) is 7.82. The number of hydrogen-bond donors (Lipinski definition) is 0. The Bertz CT molecular complexity index is 106. The van der Waals surface area contributed by atoms with E-state index in [0.717, 1.165) is 18.6 Å². The highest BCUT2D eigenvalue weighted by atomic mass is 16.1. The zero-order valence-electron chi connectivity index (χ0n) is 8.84. The summed E-state index contributed by atoms with van der Waals surface area (Å²) >= 11 is 0. The largest absolute Gasteiger partial charge is 0.303 e. The molecule has 0 aromatic rings. The van der Waals surface area contributed by atoms with Gasteiger partial charge in [-0.2, -0.15) is 0 Å². The lowest BCUT2D eigenvalue weighted by Gasteiger charge is -2.01. The van der Waals surface area contributed by atoms with Gasteiger partial charge in [0.05, 0.1) is 0 Å². The Hall–Kier alpha value is -0.590. The molecule has 1 atom stereocenters. The summed E-state index contributed by atoms with van der Waals surface area (Å²) in [4.78, 5) is 9.87. The SMILES string of the molecule is CC.CCC(C)C/C=C/CC=O. The van der Waals surface area contributed by atoms with Gasteiger partial charge in [-0.05, 0) is 12.3 Å². The first kappa shape index (κ1) is 14.0. The van der Waals surface area contributed by atoms with Crippen LogP contribution in [0.4, 0.5) is 0 Å². The molecule has 72 valence electrons. The standard InChI is InChI=1S/C9H16O.C2H6/c1-3-9(2)7-5-4-6-8-10;1-2/h4-5,8-9H,3,6-7H2,1-2H3;1-2H3/b5-4+;. The lowest BCUT2D eigenvalue weighted by atomic mass is 10.1. The molecule has 1 unspecified atom stereocenters. The molecule has 0 N–H and O–H groups in total. The summed E-state index contributed by atoms with van der Waals surface area (Å²) in [6.45, 7) is 8.39. The summed E-state index contributed by atoms with van der Waals surface area (Å²) in [5.41, 5.74) is 0. The lowest BCUT2D eigenvalue weighted by Crippen LogP contribution is -1.87. The predicted molar refractivity (Wildman–Crippen MR) is 55.2 cm³/mol. The number of carbonyl (C=O) groups excluding carboxylic acids is 1. The maximum Gasteiger partial charge on any atom is 0.123 e. The molecule has 0 radical (unpaired) electrons. The molecular weight excluding hydrogens is 148 g/mol. The monoisotopic (exact) mass is 170 g/mol. The van der Waals surface area contributed by atoms with Gasteiger partial charge in [-0.15, -0.1) is 0 Å². The zero-order valence-corrected chi connectivity index (χ0v) is 8.84. The molecule has 0 saturated heterocycles. The molecule has 0 aliphatic heterocycles. The second kappa shape index (κ2) is 13.0. The molecular formula is C11H22O. The predicted octanol–water partition coefficient (Wildman–Crippen LogP) is 3.59. The molecule has 0 fully saturated rings. The molecule has 12 heavy (non-hydrogen) atoms. The third-order valence-electron chi connectivity index (χ3n) is 1.63. The molecule has 0 bridgehead atoms. The summed E-state index contributed by atoms with van der Waals surface area (Å²) < 4.78 is 0. The molecule has 0 amide bonds. The van der Waals surface area contributed by atoms with Crippen LogP contribution in [0.15, 0.2) is 12.2 Å². The van der Waals surface area contributed by atoms with E-state index >= 15 is 0 Å². The van der Waals surface area contributed by atoms with Crippen LogP contribution in [0.5, 0.6) is 0 Å². The number of aldehydes is 1. The van der Waals surface area contributed by atoms with Crippen molar-refractivity contribution < 1.29 is 4.79 Å². The quantitative estimate of drug-likeness (QED) is 0.455. The van der Waals surface area contributed by atoms with Gasteiger partial charge in [-0.1, -0.05) is 46.3 Å². The van der Waals surface area contributed by atoms with Crippen molar-refractivity contribution in [3.05, 3.63) is 12.2 Å². The van der Waals surface area contributed by atoms with Gasteiger partial charge in [0, 0.05) is 6.42 Å². The highest BCUT2D eigenvalue weighted by Gasteiger charge is 1.92. The van der Waals surface area contributed by atoms with Gasteiger partial charge in [0.15, 0.2) is 0 Å². The number of rotatable bonds is 5. The number of carbonyl (C=O) groups is 1. The summed E-state index contributed by atoms with van der Waals surface area (Å²) in [5, 5.41) is 0. The lowest BCUT2D eigenvalue weighted by molar-refractivity contribution is -0.107. The van der Waals surface area contributed by atoms with E-state index in [-0.39, 0.29) is 0 Å². The zero-order chi connectivity index (χ0) is 9.82. The Labute approximate surface area is 76.9 Å². The summed E-state index contributed by atoms with van der Waals surface area (Å²) in [6, 6.07) is 0. The summed E-state index contributed by atoms with van der Waals surface area (Å²) in [5.74, 6) is 0.753. The van der Waals surface area contributed by atoms with Crippen LogP contribution < -0.4 is 0 Å². The van der Waals surface area contributed by atoms with Crippen molar-refractivity contribution >= 4 is 6.29 Å². The Morgan fingerprint density at radius 2 is 1.83 bits per heavy atom. The highest BCUT2D eigenvalue weighted by molar-refractivity contribution is 5.51. The first-order valence-corrected chi connectivity index (χ1v) is 4.89. The van der Waals surface area contributed by atoms with Crippen LogP contribution >= 0.6 is 0 Å². The van der Waals surface area contributed by atoms with E-state index in [1.807, 2.05) is 19.9 Å². The summed E-state index contributed by atoms with van der Waals surface area (Å²) in [7, 11) is 0. The fourth-order valence-corrected chi connectivity index (χ4v) is 0.647. The van der Waals surface area contributed by atoms with Gasteiger partial charge in [0.25, 0.3) is 0 Å². The fraction of sp³-hybridized carbons (Fsp3) is 0.727. The Balaban J connectivity index is 0. The fourth-order valence-electron chi connectivity index (χ4n) is 0.647. The van der Waals surface area contributed by atoms with Gasteiger partial charge in [-0.3, -0.25) is 0 Å². The van der Waals surface area contributed by atoms with Gasteiger partial charge in [0.2, 0.25) is 0 Å². The van der Waals surface area contributed by atoms with E-state index in [9.17, 15) is 4.79 Å². The van der Waals surface area contributed by atoms with Gasteiger partial charge in [-0.25, -0.2) is 0 Å². The van der Waals surface area contributed by atoms with Crippen molar-refractivity contribution in [3.63, 3.8) is 0 Å². The third kappa shape index (κ3) is 12.1. The first-order valence-electron chi connectivity index (χ1n) is 4.89. The van der Waals surface area contributed by atoms with Gasteiger partial charge >= 0.3 is 0 Å². The minimum atomic E-state index is 0.566. The molecule has 1 heteroatoms. The van der Waals surface area contributed by atoms with E-state index in [4.69, 9.17) is 0 Å². The minimum absolute atomic E-state index is 0.566. The average molecular weight is 170 g/mol. The van der Waals surface area contributed by atoms with Crippen molar-refractivity contribution in [2.24, 2.45) is 5.92 Å². The van der Waals surface area contributed by atoms with Crippen LogP contribution in [0.2, 0.25) is 0 Å². The highest BCUT2D eigenvalue weighted by Crippen LogP contribution is 2.06. The van der Waals surface area contributed by atoms with Crippen molar-refractivity contribution in [2.45, 2.75) is 47.0 Å². The number of hydrogen-bond acceptors (Lipinski definition) is 1. The molecule has 0 aliphatic rings. The van der Waals surface area contributed by atoms with Crippen LogP contribution in [-0.2, 0) is 4.79 Å². The van der Waals surface area contributed by atoms with Crippen molar-refractivity contribution in [1.82, 2.24) is 0 Å². The molecule has 0 aromatic heterocycles. The smallest absolute Gasteiger partial charge is 0.123 e. The minimum Gasteiger partial charge on any atom is -0.303 e. The molecule has 0 rings (SSSR count). The molecule has 0 heterocycles. The molecule has 1 nitrogen and oxygen atoms in total. The van der Waals surface area contributed by atoms with E-state index in [1.165, 1.54) is 6.42 Å². The maximum absolute atomic E-state index is 9.87. The molecule has 0 spiro atoms. The Kier molecular flexibility index (Phi) is 15.2. The van der Waals surface area contributed by atoms with Gasteiger partial charge in [0.1, 0.15) is 6.29 Å². The Morgan fingerprint density at radius 3 is 2.25 bits per heavy atom. The normalized spacial score (nSPS) is 12.0. The van der Waals surface area contributed by atoms with Crippen LogP contribution in [0.3, 0.4) is 0 Å². The molecule has 0 aliphatic carbocycles. The van der Waals surface area contributed by atoms with Crippen LogP contribution in [0, 0.1) is 5.92 Å². The second-order valence-corrected chi connectivity index (χ2v) is 2.62. The maximum atomic E-state index is 9.87. The van der Waals surface area contributed by atoms with E-state index in [1.54, 1.807) is 0 Å². The van der Waals surface area contributed by atoms with Crippen LogP contribution in [0.1, 0.15) is 47.0 Å². The van der Waals surface area contributed by atoms with Crippen molar-refractivity contribution in [2.75, 3.05) is 0 Å². The molecule has 0 aromatic carbocycles. The van der Waals surface area contributed by atoms with Crippen molar-refractivity contribution in [3.8, 4) is 0 Å². The van der Waals surface area contributed by atoms with Crippen molar-refractivity contribution in [1.29, 1.82) is 0 Å². The topological polar surface area (TPSA) is 17.1 Å². The average Bonchev–Trinajstić information content (AvgIpc) is 2.15.